The highest BCUT2D eigenvalue weighted by Gasteiger charge is 2.35. The lowest BCUT2D eigenvalue weighted by molar-refractivity contribution is -0.145. The van der Waals surface area contributed by atoms with Crippen LogP contribution in [0.4, 0.5) is 5.69 Å². The van der Waals surface area contributed by atoms with Gasteiger partial charge in [0.2, 0.25) is 0 Å². The zero-order chi connectivity index (χ0) is 11.5. The maximum absolute atomic E-state index is 11.6. The Morgan fingerprint density at radius 2 is 2.19 bits per heavy atom. The Kier molecular flexibility index (Phi) is 3.10. The first-order valence-electron chi connectivity index (χ1n) is 5.37. The minimum Gasteiger partial charge on any atom is -0.469 e. The Labute approximate surface area is 94.8 Å². The number of benzene rings is 1. The predicted octanol–water partition coefficient (Wildman–Crippen LogP) is 0.745. The van der Waals surface area contributed by atoms with E-state index in [1.165, 1.54) is 7.11 Å². The third kappa shape index (κ3) is 1.88. The summed E-state index contributed by atoms with van der Waals surface area (Å²) in [7, 11) is 1.42. The number of nitrogens with one attached hydrogen (secondary N) is 1. The van der Waals surface area contributed by atoms with E-state index in [1.807, 2.05) is 24.3 Å². The van der Waals surface area contributed by atoms with Gasteiger partial charge >= 0.3 is 5.97 Å². The zero-order valence-corrected chi connectivity index (χ0v) is 9.27. The molecule has 4 nitrogen and oxygen atoms in total. The number of anilines is 1. The second kappa shape index (κ2) is 4.53. The van der Waals surface area contributed by atoms with Crippen molar-refractivity contribution >= 4 is 11.7 Å². The Hall–Kier alpha value is -1.55. The first-order valence-corrected chi connectivity index (χ1v) is 5.37. The van der Waals surface area contributed by atoms with Crippen LogP contribution in [0.3, 0.4) is 0 Å². The molecule has 1 fully saturated rings. The number of carbonyl (C=O) groups excluding carboxylic acids is 1. The van der Waals surface area contributed by atoms with E-state index >= 15 is 0 Å². The van der Waals surface area contributed by atoms with Gasteiger partial charge in [-0.15, -0.1) is 0 Å². The fraction of sp³-hybridized carbons (Fsp3) is 0.417. The van der Waals surface area contributed by atoms with E-state index in [4.69, 9.17) is 10.5 Å². The average molecular weight is 220 g/mol. The Morgan fingerprint density at radius 1 is 1.44 bits per heavy atom. The molecule has 0 saturated carbocycles. The summed E-state index contributed by atoms with van der Waals surface area (Å²) >= 11 is 0. The van der Waals surface area contributed by atoms with Gasteiger partial charge in [-0.2, -0.15) is 0 Å². The molecule has 2 rings (SSSR count). The van der Waals surface area contributed by atoms with Gasteiger partial charge in [-0.25, -0.2) is 0 Å². The lowest BCUT2D eigenvalue weighted by Crippen LogP contribution is -2.23. The van der Waals surface area contributed by atoms with Crippen LogP contribution in [0.25, 0.3) is 0 Å². The second-order valence-electron chi connectivity index (χ2n) is 4.02. The molecule has 1 aromatic rings. The van der Waals surface area contributed by atoms with Gasteiger partial charge in [0.1, 0.15) is 0 Å². The summed E-state index contributed by atoms with van der Waals surface area (Å²) in [6.07, 6.45) is 0. The highest BCUT2D eigenvalue weighted by Crippen LogP contribution is 2.32. The van der Waals surface area contributed by atoms with Gasteiger partial charge in [-0.05, 0) is 11.6 Å². The lowest BCUT2D eigenvalue weighted by atomic mass is 9.88. The van der Waals surface area contributed by atoms with Gasteiger partial charge in [0.25, 0.3) is 0 Å². The van der Waals surface area contributed by atoms with E-state index < -0.39 is 0 Å². The number of methoxy groups -OCH3 is 1. The van der Waals surface area contributed by atoms with Crippen LogP contribution < -0.4 is 11.1 Å². The summed E-state index contributed by atoms with van der Waals surface area (Å²) in [6, 6.07) is 7.68. The summed E-state index contributed by atoms with van der Waals surface area (Å²) in [4.78, 5) is 11.6. The van der Waals surface area contributed by atoms with Crippen molar-refractivity contribution in [1.29, 1.82) is 0 Å². The van der Waals surface area contributed by atoms with Gasteiger partial charge in [0, 0.05) is 24.7 Å². The molecule has 86 valence electrons. The van der Waals surface area contributed by atoms with Gasteiger partial charge in [0.05, 0.1) is 13.0 Å². The molecular formula is C12H16N2O2. The van der Waals surface area contributed by atoms with Crippen molar-refractivity contribution in [3.8, 4) is 0 Å². The molecule has 0 bridgehead atoms. The molecule has 1 aromatic carbocycles. The van der Waals surface area contributed by atoms with Crippen LogP contribution in [0, 0.1) is 5.92 Å². The van der Waals surface area contributed by atoms with E-state index in [-0.39, 0.29) is 17.8 Å². The highest BCUT2D eigenvalue weighted by molar-refractivity contribution is 5.75. The Morgan fingerprint density at radius 3 is 2.88 bits per heavy atom. The zero-order valence-electron chi connectivity index (χ0n) is 9.27. The standard InChI is InChI=1S/C12H16N2O2/c1-16-12(15)10-7-14-6-9(10)8-4-2-3-5-11(8)13/h2-5,9-10,14H,6-7,13H2,1H3/t9-,10+/m0/s1. The van der Waals surface area contributed by atoms with Crippen LogP contribution in [-0.4, -0.2) is 26.2 Å². The number of nitrogens with two attached hydrogens (primary N) is 1. The largest absolute Gasteiger partial charge is 0.469 e. The van der Waals surface area contributed by atoms with E-state index in [2.05, 4.69) is 5.32 Å². The number of ether oxygens (including phenoxy) is 1. The van der Waals surface area contributed by atoms with Crippen LogP contribution >= 0.6 is 0 Å². The summed E-state index contributed by atoms with van der Waals surface area (Å²) in [5.74, 6) is -0.179. The Bertz CT molecular complexity index is 392. The molecule has 3 N–H and O–H groups in total. The molecule has 2 atom stereocenters. The number of hydrogen-bond acceptors (Lipinski definition) is 4. The molecule has 0 amide bonds. The number of hydrogen-bond donors (Lipinski definition) is 2. The van der Waals surface area contributed by atoms with Gasteiger partial charge in [0.15, 0.2) is 0 Å². The maximum Gasteiger partial charge on any atom is 0.310 e. The first kappa shape index (κ1) is 11.0. The maximum atomic E-state index is 11.6. The minimum atomic E-state index is -0.168. The van der Waals surface area contributed by atoms with Gasteiger partial charge in [-0.3, -0.25) is 4.79 Å². The van der Waals surface area contributed by atoms with E-state index in [9.17, 15) is 4.79 Å². The van der Waals surface area contributed by atoms with E-state index in [1.54, 1.807) is 0 Å². The van der Waals surface area contributed by atoms with Crippen LogP contribution in [0.2, 0.25) is 0 Å². The first-order chi connectivity index (χ1) is 7.74. The predicted molar refractivity (Wildman–Crippen MR) is 62.0 cm³/mol. The number of rotatable bonds is 2. The molecule has 0 spiro atoms. The van der Waals surface area contributed by atoms with Crippen molar-refractivity contribution in [3.05, 3.63) is 29.8 Å². The summed E-state index contributed by atoms with van der Waals surface area (Å²) < 4.78 is 4.81. The molecular weight excluding hydrogens is 204 g/mol. The fourth-order valence-electron chi connectivity index (χ4n) is 2.25. The van der Waals surface area contributed by atoms with Crippen molar-refractivity contribution in [2.24, 2.45) is 5.92 Å². The van der Waals surface area contributed by atoms with Crippen LogP contribution in [0.15, 0.2) is 24.3 Å². The van der Waals surface area contributed by atoms with Crippen molar-refractivity contribution in [2.75, 3.05) is 25.9 Å². The smallest absolute Gasteiger partial charge is 0.310 e. The molecule has 1 aliphatic rings. The van der Waals surface area contributed by atoms with Crippen LogP contribution in [-0.2, 0) is 9.53 Å². The number of esters is 1. The SMILES string of the molecule is COC(=O)[C@@H]1CNC[C@H]1c1ccccc1N. The topological polar surface area (TPSA) is 64.3 Å². The monoisotopic (exact) mass is 220 g/mol. The van der Waals surface area contributed by atoms with Crippen molar-refractivity contribution in [2.45, 2.75) is 5.92 Å². The average Bonchev–Trinajstić information content (AvgIpc) is 2.77. The molecule has 0 aliphatic carbocycles. The summed E-state index contributed by atoms with van der Waals surface area (Å²) in [6.45, 7) is 1.43. The molecule has 1 heterocycles. The molecule has 1 aliphatic heterocycles. The van der Waals surface area contributed by atoms with Crippen molar-refractivity contribution < 1.29 is 9.53 Å². The molecule has 1 saturated heterocycles. The van der Waals surface area contributed by atoms with Crippen molar-refractivity contribution in [3.63, 3.8) is 0 Å². The summed E-state index contributed by atoms with van der Waals surface area (Å²) in [5, 5.41) is 3.21. The fourth-order valence-corrected chi connectivity index (χ4v) is 2.25. The van der Waals surface area contributed by atoms with Gasteiger partial charge < -0.3 is 15.8 Å². The molecule has 0 unspecified atom stereocenters. The Balaban J connectivity index is 2.27. The normalized spacial score (nSPS) is 24.3. The number of nitrogen functional groups attached to an aromatic ring is 1. The van der Waals surface area contributed by atoms with Crippen LogP contribution in [0.1, 0.15) is 11.5 Å². The molecule has 0 radical (unpaired) electrons. The molecule has 0 aromatic heterocycles. The second-order valence-corrected chi connectivity index (χ2v) is 4.02. The lowest BCUT2D eigenvalue weighted by Gasteiger charge is -2.18. The van der Waals surface area contributed by atoms with E-state index in [0.29, 0.717) is 6.54 Å². The van der Waals surface area contributed by atoms with Gasteiger partial charge in [-0.1, -0.05) is 18.2 Å². The number of para-hydroxylation sites is 1. The van der Waals surface area contributed by atoms with E-state index in [0.717, 1.165) is 17.8 Å². The third-order valence-electron chi connectivity index (χ3n) is 3.11. The minimum absolute atomic E-state index is 0.119. The van der Waals surface area contributed by atoms with Crippen LogP contribution in [0.5, 0.6) is 0 Å². The summed E-state index contributed by atoms with van der Waals surface area (Å²) in [5.41, 5.74) is 7.70. The third-order valence-corrected chi connectivity index (χ3v) is 3.11. The van der Waals surface area contributed by atoms with Crippen molar-refractivity contribution in [1.82, 2.24) is 5.32 Å². The quantitative estimate of drug-likeness (QED) is 0.570. The molecule has 4 heteroatoms. The molecule has 16 heavy (non-hydrogen) atoms. The highest BCUT2D eigenvalue weighted by atomic mass is 16.5. The number of carbonyl (C=O) groups is 1.